The number of hydrogen-bond acceptors (Lipinski definition) is 3. The van der Waals surface area contributed by atoms with Gasteiger partial charge in [-0.15, -0.1) is 3.87 Å². The molecule has 0 radical (unpaired) electrons. The van der Waals surface area contributed by atoms with Crippen molar-refractivity contribution >= 4 is 19.2 Å². The zero-order chi connectivity index (χ0) is 9.28. The van der Waals surface area contributed by atoms with Crippen LogP contribution in [0, 0.1) is 0 Å². The Labute approximate surface area is 64.0 Å². The average molecular weight is 207 g/mol. The van der Waals surface area contributed by atoms with E-state index in [-0.39, 0.29) is 0 Å². The van der Waals surface area contributed by atoms with Crippen molar-refractivity contribution in [3.63, 3.8) is 0 Å². The first-order valence-corrected chi connectivity index (χ1v) is 6.29. The maximum atomic E-state index is 11.5. The molecule has 0 aliphatic heterocycles. The van der Waals surface area contributed by atoms with E-state index in [4.69, 9.17) is 0 Å². The Hall–Kier alpha value is -0.0831. The van der Waals surface area contributed by atoms with E-state index in [2.05, 4.69) is 3.87 Å². The number of alkyl halides is 3. The molecule has 0 rings (SSSR count). The summed E-state index contributed by atoms with van der Waals surface area (Å²) < 4.78 is 58.5. The van der Waals surface area contributed by atoms with Gasteiger partial charge in [-0.25, -0.2) is 0 Å². The third kappa shape index (κ3) is 3.21. The van der Waals surface area contributed by atoms with Crippen molar-refractivity contribution in [1.29, 1.82) is 0 Å². The van der Waals surface area contributed by atoms with Crippen molar-refractivity contribution in [3.05, 3.63) is 0 Å². The molecule has 11 heavy (non-hydrogen) atoms. The van der Waals surface area contributed by atoms with Crippen LogP contribution in [0.4, 0.5) is 13.2 Å². The van der Waals surface area contributed by atoms with E-state index >= 15 is 0 Å². The molecule has 0 aliphatic rings. The van der Waals surface area contributed by atoms with Gasteiger partial charge < -0.3 is 0 Å². The van der Waals surface area contributed by atoms with E-state index in [1.54, 1.807) is 0 Å². The lowest BCUT2D eigenvalue weighted by Crippen LogP contribution is -2.29. The molecule has 0 amide bonds. The minimum absolute atomic E-state index is 1.30. The lowest BCUT2D eigenvalue weighted by atomic mass is 11.6. The van der Waals surface area contributed by atoms with Crippen LogP contribution in [-0.4, -0.2) is 23.0 Å². The maximum absolute atomic E-state index is 11.5. The maximum Gasteiger partial charge on any atom is 0.525 e. The fourth-order valence-electron chi connectivity index (χ4n) is 0.267. The van der Waals surface area contributed by atoms with Crippen molar-refractivity contribution in [3.8, 4) is 0 Å². The first-order valence-electron chi connectivity index (χ1n) is 2.48. The number of halogens is 3. The molecule has 0 aliphatic carbocycles. The fraction of sp³-hybridized carbons (Fsp3) is 1.00. The molecule has 0 atom stereocenters. The van der Waals surface area contributed by atoms with Crippen LogP contribution < -0.4 is 0 Å². The highest BCUT2D eigenvalue weighted by Crippen LogP contribution is 2.24. The lowest BCUT2D eigenvalue weighted by molar-refractivity contribution is -0.0501. The topological polar surface area (TPSA) is 43.4 Å². The molecule has 0 fully saturated rings. The molecule has 0 aromatic rings. The summed E-state index contributed by atoms with van der Waals surface area (Å²) in [6, 6.07) is 0. The van der Waals surface area contributed by atoms with Gasteiger partial charge in [0.2, 0.25) is 0 Å². The molecule has 0 unspecified atom stereocenters. The van der Waals surface area contributed by atoms with Gasteiger partial charge in [-0.1, -0.05) is 0 Å². The van der Waals surface area contributed by atoms with Crippen LogP contribution in [0.2, 0.25) is 13.1 Å². The molecule has 0 aromatic heterocycles. The van der Waals surface area contributed by atoms with Crippen LogP contribution in [0.25, 0.3) is 0 Å². The molecule has 0 saturated heterocycles. The van der Waals surface area contributed by atoms with Crippen LogP contribution in [0.1, 0.15) is 0 Å². The van der Waals surface area contributed by atoms with Gasteiger partial charge in [0, 0.05) is 0 Å². The van der Waals surface area contributed by atoms with Gasteiger partial charge in [0.05, 0.1) is 13.1 Å². The van der Waals surface area contributed by atoms with Crippen molar-refractivity contribution < 1.29 is 25.5 Å². The van der Waals surface area contributed by atoms with Gasteiger partial charge >= 0.3 is 24.7 Å². The quantitative estimate of drug-likeness (QED) is 0.503. The average Bonchev–Trinajstić information content (AvgIpc) is 1.56. The second-order valence-electron chi connectivity index (χ2n) is 1.89. The number of hydrogen-bond donors (Lipinski definition) is 0. The Bertz CT molecular complexity index is 218. The second kappa shape index (κ2) is 3.11. The second-order valence-corrected chi connectivity index (χ2v) is 5.75. The molecular formula is C3H6F3O3SSi+. The molecule has 0 bridgehead atoms. The van der Waals surface area contributed by atoms with Crippen molar-refractivity contribution in [2.45, 2.75) is 18.6 Å². The van der Waals surface area contributed by atoms with Crippen molar-refractivity contribution in [2.24, 2.45) is 0 Å². The zero-order valence-electron chi connectivity index (χ0n) is 5.77. The summed E-state index contributed by atoms with van der Waals surface area (Å²) in [4.78, 5) is 0. The van der Waals surface area contributed by atoms with Gasteiger partial charge in [-0.3, -0.25) is 0 Å². The minimum Gasteiger partial charge on any atom is -0.187 e. The molecule has 8 heteroatoms. The minimum atomic E-state index is -5.35. The van der Waals surface area contributed by atoms with E-state index in [1.807, 2.05) is 0 Å². The summed E-state index contributed by atoms with van der Waals surface area (Å²) in [6.45, 7) is 2.60. The molecule has 0 aromatic carbocycles. The van der Waals surface area contributed by atoms with Crippen LogP contribution in [0.15, 0.2) is 0 Å². The Morgan fingerprint density at radius 1 is 1.27 bits per heavy atom. The van der Waals surface area contributed by atoms with Gasteiger partial charge in [-0.05, 0) is 0 Å². The number of rotatable bonds is 2. The smallest absolute Gasteiger partial charge is 0.187 e. The van der Waals surface area contributed by atoms with Gasteiger partial charge in [0.15, 0.2) is 0 Å². The molecule has 0 spiro atoms. The fourth-order valence-corrected chi connectivity index (χ4v) is 2.40. The van der Waals surface area contributed by atoms with Crippen molar-refractivity contribution in [2.75, 3.05) is 0 Å². The Balaban J connectivity index is 4.51. The van der Waals surface area contributed by atoms with Gasteiger partial charge in [0.25, 0.3) is 0 Å². The predicted octanol–water partition coefficient (Wildman–Crippen LogP) is 1.10. The van der Waals surface area contributed by atoms with Crippen LogP contribution in [-0.2, 0) is 14.0 Å². The van der Waals surface area contributed by atoms with Crippen molar-refractivity contribution in [1.82, 2.24) is 0 Å². The first-order chi connectivity index (χ1) is 4.67. The molecule has 66 valence electrons. The monoisotopic (exact) mass is 207 g/mol. The van der Waals surface area contributed by atoms with Crippen LogP contribution in [0.3, 0.4) is 0 Å². The summed E-state index contributed by atoms with van der Waals surface area (Å²) in [5.74, 6) is 0. The van der Waals surface area contributed by atoms with E-state index in [1.165, 1.54) is 13.1 Å². The Kier molecular flexibility index (Phi) is 3.09. The highest BCUT2D eigenvalue weighted by atomic mass is 32.2. The standard InChI is InChI=1S/C3H6F3O3SSi/c1-11(2)9-10(7,8)3(4,5)6/h1-2H3/q+1. The SMILES string of the molecule is C[Si+](C)OS(=O)(=O)C(F)(F)F. The van der Waals surface area contributed by atoms with Crippen LogP contribution in [0.5, 0.6) is 0 Å². The summed E-state index contributed by atoms with van der Waals surface area (Å²) in [6.07, 6.45) is 0. The summed E-state index contributed by atoms with van der Waals surface area (Å²) >= 11 is 0. The van der Waals surface area contributed by atoms with E-state index in [9.17, 15) is 21.6 Å². The van der Waals surface area contributed by atoms with E-state index < -0.39 is 24.7 Å². The predicted molar refractivity (Wildman–Crippen MR) is 33.5 cm³/mol. The molecule has 0 heterocycles. The summed E-state index contributed by atoms with van der Waals surface area (Å²) in [5, 5.41) is 0. The van der Waals surface area contributed by atoms with E-state index in [0.717, 1.165) is 0 Å². The zero-order valence-corrected chi connectivity index (χ0v) is 7.58. The first kappa shape index (κ1) is 10.9. The third-order valence-corrected chi connectivity index (χ3v) is 3.34. The van der Waals surface area contributed by atoms with Gasteiger partial charge in [0.1, 0.15) is 0 Å². The molecule has 0 N–H and O–H groups in total. The largest absolute Gasteiger partial charge is 0.525 e. The molecule has 0 saturated carbocycles. The van der Waals surface area contributed by atoms with Crippen LogP contribution >= 0.6 is 0 Å². The highest BCUT2D eigenvalue weighted by Gasteiger charge is 2.51. The lowest BCUT2D eigenvalue weighted by Gasteiger charge is -2.01. The highest BCUT2D eigenvalue weighted by molar-refractivity contribution is 7.88. The molecule has 3 nitrogen and oxygen atoms in total. The summed E-state index contributed by atoms with van der Waals surface area (Å²) in [7, 11) is -7.23. The molecular weight excluding hydrogens is 201 g/mol. The third-order valence-electron chi connectivity index (χ3n) is 0.560. The van der Waals surface area contributed by atoms with E-state index in [0.29, 0.717) is 0 Å². The van der Waals surface area contributed by atoms with Gasteiger partial charge in [-0.2, -0.15) is 21.6 Å². The summed E-state index contributed by atoms with van der Waals surface area (Å²) in [5.41, 5.74) is -5.30. The Morgan fingerprint density at radius 2 is 1.64 bits per heavy atom. The normalized spacial score (nSPS) is 13.2. The Morgan fingerprint density at radius 3 is 1.73 bits per heavy atom.